The third-order valence-corrected chi connectivity index (χ3v) is 6.15. The van der Waals surface area contributed by atoms with Gasteiger partial charge >= 0.3 is 5.97 Å². The summed E-state index contributed by atoms with van der Waals surface area (Å²) in [4.78, 5) is 29.7. The van der Waals surface area contributed by atoms with Gasteiger partial charge < -0.3 is 15.4 Å². The summed E-state index contributed by atoms with van der Waals surface area (Å²) >= 11 is 0. The number of amides is 1. The number of nitrogens with zero attached hydrogens (tertiary/aromatic N) is 2. The molecule has 3 aromatic carbocycles. The third-order valence-electron chi connectivity index (χ3n) is 6.15. The first-order valence-electron chi connectivity index (χ1n) is 11.9. The van der Waals surface area contributed by atoms with Crippen molar-refractivity contribution < 1.29 is 14.3 Å². The molecule has 0 bridgehead atoms. The number of piperazine rings is 1. The molecule has 7 heteroatoms. The predicted molar refractivity (Wildman–Crippen MR) is 141 cm³/mol. The second kappa shape index (κ2) is 11.5. The number of carbonyl (C=O) groups is 2. The second-order valence-corrected chi connectivity index (χ2v) is 8.83. The first kappa shape index (κ1) is 24.9. The van der Waals surface area contributed by atoms with E-state index in [0.29, 0.717) is 35.5 Å². The summed E-state index contributed by atoms with van der Waals surface area (Å²) in [5.74, 6) is -0.121. The number of hydrogen-bond donors (Lipinski definition) is 2. The van der Waals surface area contributed by atoms with E-state index >= 15 is 0 Å². The molecule has 184 valence electrons. The van der Waals surface area contributed by atoms with Crippen LogP contribution in [0.1, 0.15) is 34.0 Å². The summed E-state index contributed by atoms with van der Waals surface area (Å²) in [6.07, 6.45) is 1.84. The summed E-state index contributed by atoms with van der Waals surface area (Å²) in [6.45, 7) is 5.83. The topological polar surface area (TPSA) is 99.7 Å². The quantitative estimate of drug-likeness (QED) is 0.175. The van der Waals surface area contributed by atoms with Gasteiger partial charge in [0.15, 0.2) is 0 Å². The van der Waals surface area contributed by atoms with Gasteiger partial charge in [0.1, 0.15) is 11.6 Å². The molecule has 3 N–H and O–H groups in total. The fourth-order valence-electron chi connectivity index (χ4n) is 4.10. The molecule has 7 nitrogen and oxygen atoms in total. The maximum atomic E-state index is 13.0. The van der Waals surface area contributed by atoms with E-state index in [1.54, 1.807) is 48.5 Å². The normalized spacial score (nSPS) is 14.4. The van der Waals surface area contributed by atoms with Gasteiger partial charge in [0.05, 0.1) is 5.56 Å². The van der Waals surface area contributed by atoms with E-state index in [4.69, 9.17) is 15.9 Å². The van der Waals surface area contributed by atoms with Crippen molar-refractivity contribution in [2.24, 2.45) is 5.73 Å². The zero-order valence-electron chi connectivity index (χ0n) is 20.3. The minimum atomic E-state index is -0.484. The van der Waals surface area contributed by atoms with Crippen LogP contribution in [0.25, 0.3) is 6.08 Å². The lowest BCUT2D eigenvalue weighted by Gasteiger charge is -2.35. The standard InChI is InChI=1S/C29H30N4O3/c1-21(28(34)33-17-15-32(16-18-33)20-23-5-3-2-4-6-23)19-22-7-9-25(10-8-22)29(35)36-26-13-11-24(12-14-26)27(30)31/h2-14,19H,15-18,20H2,1H3,(H3,30,31)/b21-19+. The highest BCUT2D eigenvalue weighted by atomic mass is 16.5. The highest BCUT2D eigenvalue weighted by Gasteiger charge is 2.22. The van der Waals surface area contributed by atoms with Gasteiger partial charge in [0.2, 0.25) is 5.91 Å². The van der Waals surface area contributed by atoms with Crippen LogP contribution in [-0.2, 0) is 11.3 Å². The number of esters is 1. The van der Waals surface area contributed by atoms with Crippen molar-refractivity contribution in [2.45, 2.75) is 13.5 Å². The van der Waals surface area contributed by atoms with Gasteiger partial charge in [-0.25, -0.2) is 4.79 Å². The molecule has 1 fully saturated rings. The van der Waals surface area contributed by atoms with E-state index in [9.17, 15) is 9.59 Å². The number of hydrogen-bond acceptors (Lipinski definition) is 5. The van der Waals surface area contributed by atoms with Crippen LogP contribution < -0.4 is 10.5 Å². The number of ether oxygens (including phenoxy) is 1. The highest BCUT2D eigenvalue weighted by molar-refractivity contribution is 5.98. The Bertz CT molecular complexity index is 1240. The molecule has 3 aromatic rings. The Labute approximate surface area is 211 Å². The molecule has 1 amide bonds. The average molecular weight is 483 g/mol. The molecule has 0 radical (unpaired) electrons. The summed E-state index contributed by atoms with van der Waals surface area (Å²) in [6, 6.07) is 23.8. The molecule has 0 aliphatic carbocycles. The molecule has 4 rings (SSSR count). The maximum absolute atomic E-state index is 13.0. The zero-order valence-corrected chi connectivity index (χ0v) is 20.3. The molecular weight excluding hydrogens is 452 g/mol. The first-order chi connectivity index (χ1) is 17.4. The van der Waals surface area contributed by atoms with Crippen molar-refractivity contribution in [3.63, 3.8) is 0 Å². The van der Waals surface area contributed by atoms with Crippen LogP contribution in [0.2, 0.25) is 0 Å². The molecule has 1 aliphatic heterocycles. The van der Waals surface area contributed by atoms with Gasteiger partial charge in [-0.15, -0.1) is 0 Å². The van der Waals surface area contributed by atoms with Crippen molar-refractivity contribution in [3.05, 3.63) is 107 Å². The summed E-state index contributed by atoms with van der Waals surface area (Å²) in [5, 5.41) is 7.42. The van der Waals surface area contributed by atoms with E-state index in [2.05, 4.69) is 17.0 Å². The van der Waals surface area contributed by atoms with Crippen LogP contribution >= 0.6 is 0 Å². The molecule has 0 saturated carbocycles. The van der Waals surface area contributed by atoms with Gasteiger partial charge in [0.25, 0.3) is 0 Å². The van der Waals surface area contributed by atoms with Crippen molar-refractivity contribution in [3.8, 4) is 5.75 Å². The van der Waals surface area contributed by atoms with Crippen LogP contribution in [0.3, 0.4) is 0 Å². The van der Waals surface area contributed by atoms with E-state index in [0.717, 1.165) is 25.2 Å². The van der Waals surface area contributed by atoms with Gasteiger partial charge in [-0.3, -0.25) is 15.1 Å². The minimum Gasteiger partial charge on any atom is -0.423 e. The van der Waals surface area contributed by atoms with Crippen molar-refractivity contribution in [2.75, 3.05) is 26.2 Å². The van der Waals surface area contributed by atoms with Crippen molar-refractivity contribution in [1.82, 2.24) is 9.80 Å². The Hall–Kier alpha value is -4.23. The average Bonchev–Trinajstić information content (AvgIpc) is 2.90. The van der Waals surface area contributed by atoms with Crippen LogP contribution in [-0.4, -0.2) is 53.7 Å². The SMILES string of the molecule is C/C(=C\c1ccc(C(=O)Oc2ccc(C(=N)N)cc2)cc1)C(=O)N1CCN(Cc2ccccc2)CC1. The van der Waals surface area contributed by atoms with Gasteiger partial charge in [-0.05, 0) is 60.5 Å². The Morgan fingerprint density at radius 1 is 0.889 bits per heavy atom. The lowest BCUT2D eigenvalue weighted by Crippen LogP contribution is -2.48. The molecule has 1 saturated heterocycles. The van der Waals surface area contributed by atoms with Crippen LogP contribution in [0.4, 0.5) is 0 Å². The highest BCUT2D eigenvalue weighted by Crippen LogP contribution is 2.17. The number of amidine groups is 1. The fourth-order valence-corrected chi connectivity index (χ4v) is 4.10. The third kappa shape index (κ3) is 6.46. The maximum Gasteiger partial charge on any atom is 0.343 e. The van der Waals surface area contributed by atoms with Crippen LogP contribution in [0, 0.1) is 5.41 Å². The Balaban J connectivity index is 1.30. The van der Waals surface area contributed by atoms with E-state index in [1.807, 2.05) is 36.1 Å². The van der Waals surface area contributed by atoms with E-state index < -0.39 is 5.97 Å². The molecule has 0 aromatic heterocycles. The molecule has 1 aliphatic rings. The van der Waals surface area contributed by atoms with E-state index in [-0.39, 0.29) is 11.7 Å². The van der Waals surface area contributed by atoms with Crippen LogP contribution in [0.5, 0.6) is 5.75 Å². The Kier molecular flexibility index (Phi) is 7.92. The van der Waals surface area contributed by atoms with E-state index in [1.165, 1.54) is 5.56 Å². The Morgan fingerprint density at radius 2 is 1.50 bits per heavy atom. The lowest BCUT2D eigenvalue weighted by molar-refractivity contribution is -0.128. The van der Waals surface area contributed by atoms with Gasteiger partial charge in [-0.2, -0.15) is 0 Å². The van der Waals surface area contributed by atoms with Crippen LogP contribution in [0.15, 0.2) is 84.4 Å². The number of nitrogen functional groups attached to an aromatic ring is 1. The second-order valence-electron chi connectivity index (χ2n) is 8.83. The smallest absolute Gasteiger partial charge is 0.343 e. The van der Waals surface area contributed by atoms with Gasteiger partial charge in [-0.1, -0.05) is 42.5 Å². The summed E-state index contributed by atoms with van der Waals surface area (Å²) < 4.78 is 5.39. The lowest BCUT2D eigenvalue weighted by atomic mass is 10.1. The number of carbonyl (C=O) groups excluding carboxylic acids is 2. The number of rotatable bonds is 7. The molecule has 1 heterocycles. The van der Waals surface area contributed by atoms with Crippen molar-refractivity contribution >= 4 is 23.8 Å². The largest absolute Gasteiger partial charge is 0.423 e. The predicted octanol–water partition coefficient (Wildman–Crippen LogP) is 3.94. The number of benzene rings is 3. The van der Waals surface area contributed by atoms with Gasteiger partial charge in [0, 0.05) is 43.9 Å². The first-order valence-corrected chi connectivity index (χ1v) is 11.9. The molecule has 36 heavy (non-hydrogen) atoms. The monoisotopic (exact) mass is 482 g/mol. The van der Waals surface area contributed by atoms with Crippen molar-refractivity contribution in [1.29, 1.82) is 5.41 Å². The fraction of sp³-hybridized carbons (Fsp3) is 0.207. The number of nitrogens with one attached hydrogen (secondary N) is 1. The summed E-state index contributed by atoms with van der Waals surface area (Å²) in [5.41, 5.74) is 9.19. The number of nitrogens with two attached hydrogens (primary N) is 1. The summed E-state index contributed by atoms with van der Waals surface area (Å²) in [7, 11) is 0. The Morgan fingerprint density at radius 3 is 2.11 bits per heavy atom. The zero-order chi connectivity index (χ0) is 25.5. The molecule has 0 atom stereocenters. The molecule has 0 spiro atoms. The molecular formula is C29H30N4O3. The minimum absolute atomic E-state index is 0.0341. The molecule has 0 unspecified atom stereocenters.